The molecule has 188 valence electrons. The van der Waals surface area contributed by atoms with E-state index in [1.54, 1.807) is 0 Å². The van der Waals surface area contributed by atoms with E-state index in [9.17, 15) is 0 Å². The Morgan fingerprint density at radius 3 is 1.48 bits per heavy atom. The van der Waals surface area contributed by atoms with Crippen molar-refractivity contribution >= 4 is 49.6 Å². The van der Waals surface area contributed by atoms with Gasteiger partial charge in [-0.3, -0.25) is 0 Å². The van der Waals surface area contributed by atoms with Crippen molar-refractivity contribution in [1.82, 2.24) is 4.57 Å². The Hall–Kier alpha value is -5.34. The number of hydrogen-bond donors (Lipinski definition) is 0. The Kier molecular flexibility index (Phi) is 5.17. The number of benzene rings is 7. The predicted octanol–water partition coefficient (Wildman–Crippen LogP) is 10.5. The van der Waals surface area contributed by atoms with Crippen LogP contribution in [-0.2, 0) is 0 Å². The lowest BCUT2D eigenvalue weighted by molar-refractivity contribution is 1.18. The van der Waals surface area contributed by atoms with E-state index < -0.39 is 0 Å². The van der Waals surface area contributed by atoms with Gasteiger partial charge in [-0.2, -0.15) is 0 Å². The summed E-state index contributed by atoms with van der Waals surface area (Å²) >= 11 is 0. The minimum absolute atomic E-state index is 1.13. The molecule has 7 aromatic carbocycles. The normalized spacial score (nSPS) is 11.5. The molecule has 0 fully saturated rings. The molecule has 8 rings (SSSR count). The molecule has 0 unspecified atom stereocenters. The highest BCUT2D eigenvalue weighted by Crippen LogP contribution is 2.40. The van der Waals surface area contributed by atoms with Crippen LogP contribution in [0.2, 0.25) is 0 Å². The van der Waals surface area contributed by atoms with Crippen LogP contribution in [0.3, 0.4) is 0 Å². The van der Waals surface area contributed by atoms with Gasteiger partial charge in [0.15, 0.2) is 0 Å². The van der Waals surface area contributed by atoms with Crippen molar-refractivity contribution in [3.8, 4) is 16.8 Å². The number of para-hydroxylation sites is 2. The van der Waals surface area contributed by atoms with E-state index in [1.165, 1.54) is 49.4 Å². The third kappa shape index (κ3) is 3.58. The minimum atomic E-state index is 1.13. The molecule has 0 atom stereocenters. The summed E-state index contributed by atoms with van der Waals surface area (Å²) in [4.78, 5) is 2.29. The van der Waals surface area contributed by atoms with Gasteiger partial charge >= 0.3 is 0 Å². The Morgan fingerprint density at radius 2 is 0.900 bits per heavy atom. The highest BCUT2D eigenvalue weighted by Gasteiger charge is 2.17. The molecule has 1 heterocycles. The van der Waals surface area contributed by atoms with E-state index >= 15 is 0 Å². The van der Waals surface area contributed by atoms with E-state index in [1.807, 2.05) is 0 Å². The lowest BCUT2D eigenvalue weighted by atomic mass is 10.0. The first-order valence-electron chi connectivity index (χ1n) is 13.7. The molecule has 2 nitrogen and oxygen atoms in total. The van der Waals surface area contributed by atoms with E-state index in [-0.39, 0.29) is 0 Å². The van der Waals surface area contributed by atoms with Gasteiger partial charge in [-0.05, 0) is 82.6 Å². The molecule has 0 radical (unpaired) electrons. The average Bonchev–Trinajstić information content (AvgIpc) is 3.38. The number of aromatic nitrogens is 1. The van der Waals surface area contributed by atoms with Crippen molar-refractivity contribution in [1.29, 1.82) is 0 Å². The third-order valence-corrected chi connectivity index (χ3v) is 7.92. The molecular formula is C38H26N2. The Bertz CT molecular complexity index is 1980. The van der Waals surface area contributed by atoms with Crippen LogP contribution in [0.5, 0.6) is 0 Å². The molecule has 0 saturated heterocycles. The first-order chi connectivity index (χ1) is 19.8. The molecule has 0 aliphatic rings. The van der Waals surface area contributed by atoms with Crippen LogP contribution >= 0.6 is 0 Å². The fourth-order valence-corrected chi connectivity index (χ4v) is 6.13. The molecular weight excluding hydrogens is 484 g/mol. The largest absolute Gasteiger partial charge is 0.311 e. The van der Waals surface area contributed by atoms with Crippen LogP contribution in [0.25, 0.3) is 49.4 Å². The van der Waals surface area contributed by atoms with Gasteiger partial charge in [0.1, 0.15) is 0 Å². The van der Waals surface area contributed by atoms with Crippen LogP contribution in [0.1, 0.15) is 0 Å². The van der Waals surface area contributed by atoms with Gasteiger partial charge in [-0.15, -0.1) is 0 Å². The predicted molar refractivity (Wildman–Crippen MR) is 170 cm³/mol. The van der Waals surface area contributed by atoms with Crippen LogP contribution in [0, 0.1) is 0 Å². The molecule has 0 aliphatic heterocycles. The zero-order valence-electron chi connectivity index (χ0n) is 21.9. The summed E-state index contributed by atoms with van der Waals surface area (Å²) in [5.74, 6) is 0. The maximum absolute atomic E-state index is 2.41. The van der Waals surface area contributed by atoms with E-state index in [4.69, 9.17) is 0 Å². The van der Waals surface area contributed by atoms with Crippen molar-refractivity contribution in [2.45, 2.75) is 0 Å². The second-order valence-electron chi connectivity index (χ2n) is 10.3. The molecule has 0 spiro atoms. The Morgan fingerprint density at radius 1 is 0.375 bits per heavy atom. The summed E-state index contributed by atoms with van der Waals surface area (Å²) < 4.78 is 2.41. The van der Waals surface area contributed by atoms with Gasteiger partial charge in [0.2, 0.25) is 0 Å². The van der Waals surface area contributed by atoms with Crippen LogP contribution in [0.15, 0.2) is 158 Å². The van der Waals surface area contributed by atoms with Crippen molar-refractivity contribution in [2.75, 3.05) is 4.90 Å². The smallest absolute Gasteiger partial charge is 0.0547 e. The second-order valence-corrected chi connectivity index (χ2v) is 10.3. The summed E-state index contributed by atoms with van der Waals surface area (Å²) in [5.41, 5.74) is 9.47. The van der Waals surface area contributed by atoms with Gasteiger partial charge < -0.3 is 9.47 Å². The first-order valence-corrected chi connectivity index (χ1v) is 13.7. The summed E-state index contributed by atoms with van der Waals surface area (Å²) in [7, 11) is 0. The van der Waals surface area contributed by atoms with E-state index in [2.05, 4.69) is 167 Å². The number of hydrogen-bond acceptors (Lipinski definition) is 1. The van der Waals surface area contributed by atoms with E-state index in [0.717, 1.165) is 17.1 Å². The quantitative estimate of drug-likeness (QED) is 0.209. The monoisotopic (exact) mass is 510 g/mol. The molecule has 0 amide bonds. The molecule has 0 saturated carbocycles. The van der Waals surface area contributed by atoms with Gasteiger partial charge in [0.25, 0.3) is 0 Å². The van der Waals surface area contributed by atoms with Gasteiger partial charge in [0, 0.05) is 33.5 Å². The molecule has 0 N–H and O–H groups in total. The topological polar surface area (TPSA) is 8.17 Å². The van der Waals surface area contributed by atoms with Gasteiger partial charge in [-0.1, -0.05) is 97.1 Å². The van der Waals surface area contributed by atoms with E-state index in [0.29, 0.717) is 0 Å². The first kappa shape index (κ1) is 22.6. The zero-order valence-corrected chi connectivity index (χ0v) is 21.9. The Balaban J connectivity index is 1.23. The van der Waals surface area contributed by atoms with Crippen molar-refractivity contribution in [3.63, 3.8) is 0 Å². The standard InChI is InChI=1S/C38H26N2/c1-3-13-31(14-4-1)39(32-15-5-2-6-16-32)33-24-22-27(23-25-33)30-12-7-17-34(26-30)40-35-18-8-10-28-20-21-29-11-9-19-36(40)38(29)37(28)35/h1-26H. The second kappa shape index (κ2) is 9.14. The maximum Gasteiger partial charge on any atom is 0.0547 e. The fourth-order valence-electron chi connectivity index (χ4n) is 6.13. The van der Waals surface area contributed by atoms with Crippen LogP contribution < -0.4 is 4.90 Å². The van der Waals surface area contributed by atoms with Crippen LogP contribution in [-0.4, -0.2) is 4.57 Å². The molecule has 40 heavy (non-hydrogen) atoms. The average molecular weight is 511 g/mol. The number of anilines is 3. The molecule has 0 bridgehead atoms. The maximum atomic E-state index is 2.41. The third-order valence-electron chi connectivity index (χ3n) is 7.92. The Labute approximate surface area is 233 Å². The summed E-state index contributed by atoms with van der Waals surface area (Å²) in [6, 6.07) is 56.6. The lowest BCUT2D eigenvalue weighted by Gasteiger charge is -2.25. The van der Waals surface area contributed by atoms with Gasteiger partial charge in [-0.25, -0.2) is 0 Å². The fraction of sp³-hybridized carbons (Fsp3) is 0. The highest BCUT2D eigenvalue weighted by molar-refractivity contribution is 6.24. The van der Waals surface area contributed by atoms with Crippen molar-refractivity contribution in [2.24, 2.45) is 0 Å². The molecule has 0 aliphatic carbocycles. The summed E-state index contributed by atoms with van der Waals surface area (Å²) in [6.07, 6.45) is 0. The number of rotatable bonds is 5. The van der Waals surface area contributed by atoms with Crippen molar-refractivity contribution in [3.05, 3.63) is 158 Å². The summed E-state index contributed by atoms with van der Waals surface area (Å²) in [6.45, 7) is 0. The SMILES string of the molecule is c1ccc(N(c2ccccc2)c2ccc(-c3cccc(-n4c5cccc6ccc7cccc4c7c65)c3)cc2)cc1. The van der Waals surface area contributed by atoms with Gasteiger partial charge in [0.05, 0.1) is 11.0 Å². The molecule has 8 aromatic rings. The molecule has 2 heteroatoms. The minimum Gasteiger partial charge on any atom is -0.311 e. The van der Waals surface area contributed by atoms with Crippen molar-refractivity contribution < 1.29 is 0 Å². The zero-order chi connectivity index (χ0) is 26.5. The number of nitrogens with zero attached hydrogens (tertiary/aromatic N) is 2. The summed E-state index contributed by atoms with van der Waals surface area (Å²) in [5, 5.41) is 5.25. The van der Waals surface area contributed by atoms with Crippen LogP contribution in [0.4, 0.5) is 17.1 Å². The lowest BCUT2D eigenvalue weighted by Crippen LogP contribution is -2.09. The highest BCUT2D eigenvalue weighted by atomic mass is 15.1. The molecule has 1 aromatic heterocycles.